The molecule has 0 saturated heterocycles. The predicted octanol–water partition coefficient (Wildman–Crippen LogP) is 1.68. The van der Waals surface area contributed by atoms with Gasteiger partial charge in [-0.05, 0) is 41.2 Å². The average Bonchev–Trinajstić information content (AvgIpc) is 3.05. The summed E-state index contributed by atoms with van der Waals surface area (Å²) in [5.41, 5.74) is 0.441. The van der Waals surface area contributed by atoms with Crippen molar-refractivity contribution >= 4 is 43.2 Å². The molecule has 20 heavy (non-hydrogen) atoms. The van der Waals surface area contributed by atoms with E-state index in [-0.39, 0.29) is 16.7 Å². The van der Waals surface area contributed by atoms with Gasteiger partial charge >= 0.3 is 0 Å². The number of hydrogen-bond donors (Lipinski definition) is 3. The molecule has 0 bridgehead atoms. The van der Waals surface area contributed by atoms with Crippen molar-refractivity contribution in [3.05, 3.63) is 39.4 Å². The fraction of sp³-hybridized carbons (Fsp3) is 0.182. The van der Waals surface area contributed by atoms with E-state index in [4.69, 9.17) is 0 Å². The smallest absolute Gasteiger partial charge is 0.268 e. The van der Waals surface area contributed by atoms with Crippen molar-refractivity contribution < 1.29 is 13.2 Å². The molecule has 2 rings (SSSR count). The van der Waals surface area contributed by atoms with Gasteiger partial charge in [0.25, 0.3) is 5.91 Å². The molecule has 3 N–H and O–H groups in total. The molecule has 2 aromatic rings. The van der Waals surface area contributed by atoms with Gasteiger partial charge in [0.15, 0.2) is 0 Å². The van der Waals surface area contributed by atoms with Crippen LogP contribution >= 0.6 is 27.3 Å². The van der Waals surface area contributed by atoms with Gasteiger partial charge in [-0.3, -0.25) is 4.79 Å². The Morgan fingerprint density at radius 1 is 1.45 bits per heavy atom. The van der Waals surface area contributed by atoms with E-state index >= 15 is 0 Å². The van der Waals surface area contributed by atoms with E-state index in [2.05, 4.69) is 31.0 Å². The number of thiophene rings is 1. The molecule has 108 valence electrons. The topological polar surface area (TPSA) is 91.1 Å². The quantitative estimate of drug-likeness (QED) is 0.739. The zero-order valence-corrected chi connectivity index (χ0v) is 13.7. The molecule has 0 aliphatic carbocycles. The second-order valence-electron chi connectivity index (χ2n) is 3.84. The zero-order chi connectivity index (χ0) is 14.8. The monoisotopic (exact) mass is 377 g/mol. The minimum Gasteiger partial charge on any atom is -0.356 e. The van der Waals surface area contributed by atoms with Crippen molar-refractivity contribution in [3.8, 4) is 0 Å². The third kappa shape index (κ3) is 3.48. The van der Waals surface area contributed by atoms with Gasteiger partial charge < -0.3 is 10.3 Å². The summed E-state index contributed by atoms with van der Waals surface area (Å²) in [5, 5.41) is 2.72. The molecule has 0 unspecified atom stereocenters. The van der Waals surface area contributed by atoms with E-state index < -0.39 is 10.0 Å². The maximum atomic E-state index is 11.8. The molecule has 0 aliphatic rings. The Hall–Kier alpha value is -1.16. The summed E-state index contributed by atoms with van der Waals surface area (Å²) in [6, 6.07) is 4.86. The van der Waals surface area contributed by atoms with Crippen molar-refractivity contribution in [2.75, 3.05) is 7.05 Å². The molecular weight excluding hydrogens is 366 g/mol. The molecule has 0 aliphatic heterocycles. The molecule has 0 atom stereocenters. The first kappa shape index (κ1) is 15.2. The highest BCUT2D eigenvalue weighted by Crippen LogP contribution is 2.21. The third-order valence-corrected chi connectivity index (χ3v) is 5.94. The summed E-state index contributed by atoms with van der Waals surface area (Å²) >= 11 is 4.37. The number of hydrogen-bond acceptors (Lipinski definition) is 4. The maximum Gasteiger partial charge on any atom is 0.268 e. The lowest BCUT2D eigenvalue weighted by atomic mass is 10.4. The summed E-state index contributed by atoms with van der Waals surface area (Å²) in [4.78, 5) is 15.4. The van der Waals surface area contributed by atoms with E-state index in [0.29, 0.717) is 5.69 Å². The molecule has 0 spiro atoms. The molecule has 2 aromatic heterocycles. The van der Waals surface area contributed by atoms with Crippen LogP contribution in [0.1, 0.15) is 15.4 Å². The van der Waals surface area contributed by atoms with Crippen LogP contribution in [-0.4, -0.2) is 26.4 Å². The predicted molar refractivity (Wildman–Crippen MR) is 80.2 cm³/mol. The lowest BCUT2D eigenvalue weighted by Crippen LogP contribution is -2.22. The number of amides is 1. The van der Waals surface area contributed by atoms with Crippen LogP contribution in [0.25, 0.3) is 0 Å². The number of aromatic nitrogens is 1. The van der Waals surface area contributed by atoms with Gasteiger partial charge in [0.05, 0.1) is 6.54 Å². The highest BCUT2D eigenvalue weighted by Gasteiger charge is 2.15. The number of halogens is 1. The minimum absolute atomic E-state index is 0.229. The lowest BCUT2D eigenvalue weighted by Gasteiger charge is -2.01. The molecule has 0 radical (unpaired) electrons. The average molecular weight is 378 g/mol. The summed E-state index contributed by atoms with van der Waals surface area (Å²) in [6.45, 7) is 0.277. The third-order valence-electron chi connectivity index (χ3n) is 2.49. The van der Waals surface area contributed by atoms with E-state index in [0.717, 1.165) is 20.7 Å². The second kappa shape index (κ2) is 6.08. The standard InChI is InChI=1S/C11H12BrN3O3S2/c1-13-20(17,18)10-3-2-8(19-10)6-15-11(16)9-4-7(12)5-14-9/h2-5,13-14H,6H2,1H3,(H,15,16). The Kier molecular flexibility index (Phi) is 4.63. The first-order chi connectivity index (χ1) is 9.42. The first-order valence-electron chi connectivity index (χ1n) is 5.57. The van der Waals surface area contributed by atoms with Crippen LogP contribution in [0.4, 0.5) is 0 Å². The van der Waals surface area contributed by atoms with Gasteiger partial charge in [0, 0.05) is 15.5 Å². The highest BCUT2D eigenvalue weighted by molar-refractivity contribution is 9.10. The van der Waals surface area contributed by atoms with Crippen LogP contribution in [0, 0.1) is 0 Å². The fourth-order valence-corrected chi connectivity index (χ4v) is 3.94. The van der Waals surface area contributed by atoms with E-state index in [1.807, 2.05) is 0 Å². The Morgan fingerprint density at radius 3 is 2.80 bits per heavy atom. The van der Waals surface area contributed by atoms with Gasteiger partial charge in [0.2, 0.25) is 10.0 Å². The normalized spacial score (nSPS) is 11.5. The van der Waals surface area contributed by atoms with Crippen LogP contribution in [0.5, 0.6) is 0 Å². The summed E-state index contributed by atoms with van der Waals surface area (Å²) in [6.07, 6.45) is 1.66. The first-order valence-corrected chi connectivity index (χ1v) is 8.66. The highest BCUT2D eigenvalue weighted by atomic mass is 79.9. The minimum atomic E-state index is -3.42. The summed E-state index contributed by atoms with van der Waals surface area (Å²) in [5.74, 6) is -0.248. The van der Waals surface area contributed by atoms with Gasteiger partial charge in [-0.25, -0.2) is 13.1 Å². The molecule has 0 fully saturated rings. The van der Waals surface area contributed by atoms with Crippen LogP contribution < -0.4 is 10.0 Å². The van der Waals surface area contributed by atoms with Crippen LogP contribution in [0.15, 0.2) is 33.1 Å². The summed E-state index contributed by atoms with van der Waals surface area (Å²) in [7, 11) is -2.06. The lowest BCUT2D eigenvalue weighted by molar-refractivity contribution is 0.0947. The number of H-pyrrole nitrogens is 1. The second-order valence-corrected chi connectivity index (χ2v) is 8.04. The maximum absolute atomic E-state index is 11.8. The Morgan fingerprint density at radius 2 is 2.20 bits per heavy atom. The SMILES string of the molecule is CNS(=O)(=O)c1ccc(CNC(=O)c2cc(Br)c[nH]2)s1. The molecule has 0 aromatic carbocycles. The number of aromatic amines is 1. The van der Waals surface area contributed by atoms with Gasteiger partial charge in [-0.1, -0.05) is 0 Å². The van der Waals surface area contributed by atoms with Gasteiger partial charge in [-0.15, -0.1) is 11.3 Å². The van der Waals surface area contributed by atoms with E-state index in [1.165, 1.54) is 13.1 Å². The van der Waals surface area contributed by atoms with Crippen LogP contribution in [0.2, 0.25) is 0 Å². The van der Waals surface area contributed by atoms with Crippen LogP contribution in [-0.2, 0) is 16.6 Å². The van der Waals surface area contributed by atoms with Gasteiger partial charge in [0.1, 0.15) is 9.90 Å². The Labute approximate surface area is 128 Å². The Bertz CT molecular complexity index is 721. The van der Waals surface area contributed by atoms with E-state index in [1.54, 1.807) is 18.3 Å². The number of sulfonamides is 1. The van der Waals surface area contributed by atoms with Crippen molar-refractivity contribution in [1.82, 2.24) is 15.0 Å². The van der Waals surface area contributed by atoms with Crippen molar-refractivity contribution in [3.63, 3.8) is 0 Å². The van der Waals surface area contributed by atoms with Gasteiger partial charge in [-0.2, -0.15) is 0 Å². The molecule has 6 nitrogen and oxygen atoms in total. The molecule has 0 saturated carbocycles. The number of rotatable bonds is 5. The Balaban J connectivity index is 2.00. The van der Waals surface area contributed by atoms with Crippen molar-refractivity contribution in [1.29, 1.82) is 0 Å². The molecule has 1 amide bonds. The molecule has 2 heterocycles. The zero-order valence-electron chi connectivity index (χ0n) is 10.4. The number of carbonyl (C=O) groups excluding carboxylic acids is 1. The summed E-state index contributed by atoms with van der Waals surface area (Å²) < 4.78 is 26.4. The van der Waals surface area contributed by atoms with E-state index in [9.17, 15) is 13.2 Å². The number of nitrogens with one attached hydrogen (secondary N) is 3. The molecular formula is C11H12BrN3O3S2. The largest absolute Gasteiger partial charge is 0.356 e. The van der Waals surface area contributed by atoms with Crippen LogP contribution in [0.3, 0.4) is 0 Å². The fourth-order valence-electron chi connectivity index (χ4n) is 1.46. The number of carbonyl (C=O) groups is 1. The van der Waals surface area contributed by atoms with Crippen molar-refractivity contribution in [2.45, 2.75) is 10.8 Å². The van der Waals surface area contributed by atoms with Crippen molar-refractivity contribution in [2.24, 2.45) is 0 Å². The molecule has 9 heteroatoms.